The molecular weight excluding hydrogens is 328 g/mol. The first-order valence-corrected chi connectivity index (χ1v) is 9.00. The number of ether oxygens (including phenoxy) is 2. The lowest BCUT2D eigenvalue weighted by Gasteiger charge is -2.16. The molecule has 0 saturated heterocycles. The second-order valence-corrected chi connectivity index (χ2v) is 6.72. The van der Waals surface area contributed by atoms with E-state index < -0.39 is 0 Å². The van der Waals surface area contributed by atoms with Gasteiger partial charge in [-0.25, -0.2) is 9.59 Å². The average molecular weight is 354 g/mol. The molecule has 0 aromatic heterocycles. The van der Waals surface area contributed by atoms with E-state index in [0.717, 1.165) is 12.8 Å². The summed E-state index contributed by atoms with van der Waals surface area (Å²) in [4.78, 5) is 23.8. The first-order valence-electron chi connectivity index (χ1n) is 9.00. The predicted molar refractivity (Wildman–Crippen MR) is 101 cm³/mol. The molecule has 0 aliphatic heterocycles. The minimum Gasteiger partial charge on any atom is -0.462 e. The highest BCUT2D eigenvalue weighted by Gasteiger charge is 2.13. The molecule has 0 bridgehead atoms. The van der Waals surface area contributed by atoms with Crippen molar-refractivity contribution in [1.29, 1.82) is 0 Å². The van der Waals surface area contributed by atoms with Gasteiger partial charge in [0.1, 0.15) is 0 Å². The molecule has 4 nitrogen and oxygen atoms in total. The maximum Gasteiger partial charge on any atom is 0.338 e. The number of benzene rings is 2. The topological polar surface area (TPSA) is 52.6 Å². The van der Waals surface area contributed by atoms with E-state index in [4.69, 9.17) is 9.47 Å². The van der Waals surface area contributed by atoms with Crippen LogP contribution in [-0.2, 0) is 9.47 Å². The van der Waals surface area contributed by atoms with Crippen LogP contribution in [0.15, 0.2) is 60.7 Å². The third-order valence-electron chi connectivity index (χ3n) is 4.17. The fourth-order valence-corrected chi connectivity index (χ4v) is 2.49. The molecule has 0 spiro atoms. The van der Waals surface area contributed by atoms with Gasteiger partial charge in [-0.05, 0) is 48.9 Å². The van der Waals surface area contributed by atoms with E-state index >= 15 is 0 Å². The Morgan fingerprint density at radius 3 is 1.38 bits per heavy atom. The summed E-state index contributed by atoms with van der Waals surface area (Å²) in [5.41, 5.74) is 1.14. The summed E-state index contributed by atoms with van der Waals surface area (Å²) in [7, 11) is 0. The Bertz CT molecular complexity index is 620. The van der Waals surface area contributed by atoms with Crippen molar-refractivity contribution >= 4 is 11.9 Å². The van der Waals surface area contributed by atoms with Crippen molar-refractivity contribution in [3.05, 3.63) is 71.8 Å². The summed E-state index contributed by atoms with van der Waals surface area (Å²) < 4.78 is 10.7. The van der Waals surface area contributed by atoms with Crippen LogP contribution in [0.3, 0.4) is 0 Å². The molecule has 0 heterocycles. The van der Waals surface area contributed by atoms with Crippen LogP contribution in [0.5, 0.6) is 0 Å². The minimum absolute atomic E-state index is 0.259. The SMILES string of the molecule is CC(CCC(C)COC(=O)c1ccccc1)COC(=O)c1ccccc1. The largest absolute Gasteiger partial charge is 0.462 e. The van der Waals surface area contributed by atoms with E-state index in [1.54, 1.807) is 24.3 Å². The van der Waals surface area contributed by atoms with Gasteiger partial charge < -0.3 is 9.47 Å². The Kier molecular flexibility index (Phi) is 7.87. The number of hydrogen-bond donors (Lipinski definition) is 0. The van der Waals surface area contributed by atoms with Crippen molar-refractivity contribution in [2.45, 2.75) is 26.7 Å². The van der Waals surface area contributed by atoms with Gasteiger partial charge in [0.25, 0.3) is 0 Å². The lowest BCUT2D eigenvalue weighted by Crippen LogP contribution is -2.15. The molecule has 0 amide bonds. The number of rotatable bonds is 9. The quantitative estimate of drug-likeness (QED) is 0.610. The van der Waals surface area contributed by atoms with Gasteiger partial charge in [0.05, 0.1) is 24.3 Å². The van der Waals surface area contributed by atoms with E-state index in [1.807, 2.05) is 36.4 Å². The Balaban J connectivity index is 1.63. The first-order chi connectivity index (χ1) is 12.6. The first kappa shape index (κ1) is 19.7. The fraction of sp³-hybridized carbons (Fsp3) is 0.364. The predicted octanol–water partition coefficient (Wildman–Crippen LogP) is 4.75. The number of esters is 2. The minimum atomic E-state index is -0.290. The Hall–Kier alpha value is -2.62. The van der Waals surface area contributed by atoms with Crippen molar-refractivity contribution in [2.75, 3.05) is 13.2 Å². The lowest BCUT2D eigenvalue weighted by molar-refractivity contribution is 0.0399. The highest BCUT2D eigenvalue weighted by atomic mass is 16.5. The lowest BCUT2D eigenvalue weighted by atomic mass is 9.99. The average Bonchev–Trinajstić information content (AvgIpc) is 2.69. The molecule has 4 heteroatoms. The van der Waals surface area contributed by atoms with Crippen LogP contribution in [0.1, 0.15) is 47.4 Å². The molecule has 0 N–H and O–H groups in total. The monoisotopic (exact) mass is 354 g/mol. The summed E-state index contributed by atoms with van der Waals surface area (Å²) in [5.74, 6) is -0.0607. The van der Waals surface area contributed by atoms with Gasteiger partial charge in [-0.15, -0.1) is 0 Å². The zero-order valence-electron chi connectivity index (χ0n) is 15.4. The molecule has 2 rings (SSSR count). The highest BCUT2D eigenvalue weighted by molar-refractivity contribution is 5.89. The zero-order valence-corrected chi connectivity index (χ0v) is 15.4. The maximum atomic E-state index is 11.9. The zero-order chi connectivity index (χ0) is 18.8. The van der Waals surface area contributed by atoms with Crippen LogP contribution in [0, 0.1) is 11.8 Å². The number of hydrogen-bond acceptors (Lipinski definition) is 4. The van der Waals surface area contributed by atoms with Crippen molar-refractivity contribution in [2.24, 2.45) is 11.8 Å². The van der Waals surface area contributed by atoms with Crippen LogP contribution in [-0.4, -0.2) is 25.2 Å². The summed E-state index contributed by atoms with van der Waals surface area (Å²) in [5, 5.41) is 0. The normalized spacial score (nSPS) is 12.8. The Morgan fingerprint density at radius 1 is 0.692 bits per heavy atom. The van der Waals surface area contributed by atoms with Crippen molar-refractivity contribution in [1.82, 2.24) is 0 Å². The standard InChI is InChI=1S/C22H26O4/c1-17(15-25-21(23)19-9-5-3-6-10-19)13-14-18(2)16-26-22(24)20-11-7-4-8-12-20/h3-12,17-18H,13-16H2,1-2H3. The van der Waals surface area contributed by atoms with E-state index in [2.05, 4.69) is 13.8 Å². The molecule has 0 aliphatic carbocycles. The molecule has 0 radical (unpaired) electrons. The molecule has 138 valence electrons. The van der Waals surface area contributed by atoms with Gasteiger partial charge in [-0.1, -0.05) is 50.2 Å². The summed E-state index contributed by atoms with van der Waals surface area (Å²) in [6, 6.07) is 18.0. The van der Waals surface area contributed by atoms with Crippen LogP contribution in [0.25, 0.3) is 0 Å². The number of carbonyl (C=O) groups excluding carboxylic acids is 2. The summed E-state index contributed by atoms with van der Waals surface area (Å²) in [6.07, 6.45) is 1.82. The summed E-state index contributed by atoms with van der Waals surface area (Å²) in [6.45, 7) is 4.90. The maximum absolute atomic E-state index is 11.9. The Labute approximate surface area is 155 Å². The van der Waals surface area contributed by atoms with E-state index in [9.17, 15) is 9.59 Å². The van der Waals surface area contributed by atoms with Crippen LogP contribution in [0.2, 0.25) is 0 Å². The van der Waals surface area contributed by atoms with Crippen LogP contribution >= 0.6 is 0 Å². The van der Waals surface area contributed by atoms with Gasteiger partial charge in [-0.2, -0.15) is 0 Å². The number of carbonyl (C=O) groups is 2. The van der Waals surface area contributed by atoms with Gasteiger partial charge in [0.2, 0.25) is 0 Å². The fourth-order valence-electron chi connectivity index (χ4n) is 2.49. The van der Waals surface area contributed by atoms with Gasteiger partial charge in [0.15, 0.2) is 0 Å². The second kappa shape index (κ2) is 10.4. The highest BCUT2D eigenvalue weighted by Crippen LogP contribution is 2.15. The Morgan fingerprint density at radius 2 is 1.04 bits per heavy atom. The van der Waals surface area contributed by atoms with E-state index in [-0.39, 0.29) is 23.8 Å². The summed E-state index contributed by atoms with van der Waals surface area (Å²) >= 11 is 0. The molecule has 2 aromatic rings. The molecule has 0 saturated carbocycles. The molecule has 0 aliphatic rings. The van der Waals surface area contributed by atoms with Crippen LogP contribution < -0.4 is 0 Å². The molecule has 2 atom stereocenters. The van der Waals surface area contributed by atoms with Gasteiger partial charge in [-0.3, -0.25) is 0 Å². The second-order valence-electron chi connectivity index (χ2n) is 6.72. The molecule has 2 aromatic carbocycles. The van der Waals surface area contributed by atoms with Crippen molar-refractivity contribution in [3.8, 4) is 0 Å². The molecular formula is C22H26O4. The van der Waals surface area contributed by atoms with E-state index in [1.165, 1.54) is 0 Å². The van der Waals surface area contributed by atoms with Crippen molar-refractivity contribution < 1.29 is 19.1 Å². The molecule has 2 unspecified atom stereocenters. The third kappa shape index (κ3) is 6.71. The van der Waals surface area contributed by atoms with Gasteiger partial charge >= 0.3 is 11.9 Å². The van der Waals surface area contributed by atoms with E-state index in [0.29, 0.717) is 24.3 Å². The van der Waals surface area contributed by atoms with Crippen LogP contribution in [0.4, 0.5) is 0 Å². The van der Waals surface area contributed by atoms with Gasteiger partial charge in [0, 0.05) is 0 Å². The van der Waals surface area contributed by atoms with Crippen molar-refractivity contribution in [3.63, 3.8) is 0 Å². The molecule has 26 heavy (non-hydrogen) atoms. The molecule has 0 fully saturated rings. The third-order valence-corrected chi connectivity index (χ3v) is 4.17. The smallest absolute Gasteiger partial charge is 0.338 e.